The first-order valence-electron chi connectivity index (χ1n) is 9.43. The van der Waals surface area contributed by atoms with Crippen LogP contribution in [0.5, 0.6) is 0 Å². The van der Waals surface area contributed by atoms with Gasteiger partial charge in [-0.2, -0.15) is 0 Å². The number of furan rings is 1. The lowest BCUT2D eigenvalue weighted by atomic mass is 10.1. The van der Waals surface area contributed by atoms with E-state index in [-0.39, 0.29) is 16.5 Å². The van der Waals surface area contributed by atoms with Crippen molar-refractivity contribution in [3.63, 3.8) is 0 Å². The zero-order valence-corrected chi connectivity index (χ0v) is 19.4. The number of thiocarbonyl (C=S) groups is 1. The van der Waals surface area contributed by atoms with E-state index in [1.807, 2.05) is 43.3 Å². The maximum Gasteiger partial charge on any atom is 0.337 e. The second-order valence-electron chi connectivity index (χ2n) is 7.13. The van der Waals surface area contributed by atoms with Crippen LogP contribution in [0.3, 0.4) is 0 Å². The normalized spacial score (nSPS) is 15.0. The molecule has 1 aliphatic heterocycles. The van der Waals surface area contributed by atoms with Crippen LogP contribution in [0.25, 0.3) is 17.4 Å². The highest BCUT2D eigenvalue weighted by Gasteiger charge is 2.33. The first kappa shape index (κ1) is 22.1. The van der Waals surface area contributed by atoms with Gasteiger partial charge in [0, 0.05) is 31.4 Å². The monoisotopic (exact) mass is 484 g/mol. The number of carboxylic acid groups (broad SMARTS) is 1. The number of aromatic carboxylic acids is 1. The van der Waals surface area contributed by atoms with E-state index >= 15 is 0 Å². The van der Waals surface area contributed by atoms with E-state index < -0.39 is 5.97 Å². The Balaban J connectivity index is 1.57. The molecule has 0 unspecified atom stereocenters. The maximum atomic E-state index is 13.0. The minimum Gasteiger partial charge on any atom is -0.478 e. The second-order valence-corrected chi connectivity index (χ2v) is 9.21. The lowest BCUT2D eigenvalue weighted by Crippen LogP contribution is -2.27. The third-order valence-corrected chi connectivity index (χ3v) is 6.42. The smallest absolute Gasteiger partial charge is 0.337 e. The molecule has 162 valence electrons. The molecule has 9 heteroatoms. The molecule has 1 aromatic heterocycles. The molecule has 6 nitrogen and oxygen atoms in total. The fourth-order valence-electron chi connectivity index (χ4n) is 3.15. The molecular formula is C23H17ClN2O4S2. The largest absolute Gasteiger partial charge is 0.478 e. The Hall–Kier alpha value is -3.07. The SMILES string of the molecule is CN(C)c1ccc(N2C(=O)/C(=C/c3ccc(-c4ccc(C(=O)O)c(Cl)c4)o3)SC2=S)cc1. The van der Waals surface area contributed by atoms with Crippen molar-refractivity contribution in [2.75, 3.05) is 23.9 Å². The predicted octanol–water partition coefficient (Wildman–Crippen LogP) is 5.77. The number of carbonyl (C=O) groups is 2. The Labute approximate surface area is 199 Å². The van der Waals surface area contributed by atoms with Gasteiger partial charge in [-0.25, -0.2) is 4.79 Å². The van der Waals surface area contributed by atoms with Crippen LogP contribution >= 0.6 is 35.6 Å². The molecule has 0 spiro atoms. The van der Waals surface area contributed by atoms with Crippen molar-refractivity contribution >= 4 is 69.2 Å². The van der Waals surface area contributed by atoms with Crippen LogP contribution in [0.15, 0.2) is 63.9 Å². The summed E-state index contributed by atoms with van der Waals surface area (Å²) in [7, 11) is 3.90. The van der Waals surface area contributed by atoms with E-state index in [1.54, 1.807) is 24.3 Å². The summed E-state index contributed by atoms with van der Waals surface area (Å²) < 4.78 is 6.28. The lowest BCUT2D eigenvalue weighted by molar-refractivity contribution is -0.113. The number of hydrogen-bond donors (Lipinski definition) is 1. The summed E-state index contributed by atoms with van der Waals surface area (Å²) in [4.78, 5) is 28.0. The molecule has 3 aromatic rings. The number of amides is 1. The average Bonchev–Trinajstić information content (AvgIpc) is 3.32. The number of benzene rings is 2. The number of carboxylic acids is 1. The molecule has 4 rings (SSSR count). The number of thioether (sulfide) groups is 1. The summed E-state index contributed by atoms with van der Waals surface area (Å²) in [6.07, 6.45) is 1.64. The summed E-state index contributed by atoms with van der Waals surface area (Å²) in [5, 5.41) is 9.23. The molecule has 1 fully saturated rings. The van der Waals surface area contributed by atoms with Crippen molar-refractivity contribution < 1.29 is 19.1 Å². The molecule has 0 aliphatic carbocycles. The van der Waals surface area contributed by atoms with E-state index in [0.29, 0.717) is 32.0 Å². The van der Waals surface area contributed by atoms with Gasteiger partial charge in [0.25, 0.3) is 5.91 Å². The fraction of sp³-hybridized carbons (Fsp3) is 0.0870. The first-order valence-corrected chi connectivity index (χ1v) is 11.0. The fourth-order valence-corrected chi connectivity index (χ4v) is 4.69. The van der Waals surface area contributed by atoms with Crippen molar-refractivity contribution in [1.29, 1.82) is 0 Å². The summed E-state index contributed by atoms with van der Waals surface area (Å²) in [6, 6.07) is 15.6. The summed E-state index contributed by atoms with van der Waals surface area (Å²) in [6.45, 7) is 0. The zero-order valence-electron chi connectivity index (χ0n) is 17.0. The van der Waals surface area contributed by atoms with Crippen LogP contribution in [0.1, 0.15) is 16.1 Å². The number of carbonyl (C=O) groups excluding carboxylic acids is 1. The topological polar surface area (TPSA) is 74.0 Å². The molecule has 1 saturated heterocycles. The molecule has 2 heterocycles. The van der Waals surface area contributed by atoms with E-state index in [2.05, 4.69) is 0 Å². The minimum absolute atomic E-state index is 0.0180. The number of anilines is 2. The maximum absolute atomic E-state index is 13.0. The molecule has 1 aliphatic rings. The molecule has 2 aromatic carbocycles. The highest BCUT2D eigenvalue weighted by Crippen LogP contribution is 2.37. The third kappa shape index (κ3) is 4.29. The van der Waals surface area contributed by atoms with Gasteiger partial charge in [0.15, 0.2) is 4.32 Å². The first-order chi connectivity index (χ1) is 15.2. The van der Waals surface area contributed by atoms with E-state index in [1.165, 1.54) is 28.8 Å². The van der Waals surface area contributed by atoms with Crippen LogP contribution in [0, 0.1) is 0 Å². The molecular weight excluding hydrogens is 468 g/mol. The highest BCUT2D eigenvalue weighted by molar-refractivity contribution is 8.27. The molecule has 0 atom stereocenters. The Kier molecular flexibility index (Phi) is 6.10. The average molecular weight is 485 g/mol. The van der Waals surface area contributed by atoms with Crippen molar-refractivity contribution in [1.82, 2.24) is 0 Å². The van der Waals surface area contributed by atoms with Crippen LogP contribution < -0.4 is 9.80 Å². The van der Waals surface area contributed by atoms with Crippen molar-refractivity contribution in [2.24, 2.45) is 0 Å². The Morgan fingerprint density at radius 2 is 1.88 bits per heavy atom. The number of hydrogen-bond acceptors (Lipinski definition) is 6. The summed E-state index contributed by atoms with van der Waals surface area (Å²) in [5.74, 6) is -0.337. The zero-order chi connectivity index (χ0) is 23.0. The Bertz CT molecular complexity index is 1270. The summed E-state index contributed by atoms with van der Waals surface area (Å²) in [5.41, 5.74) is 2.38. The molecule has 0 saturated carbocycles. The van der Waals surface area contributed by atoms with Crippen LogP contribution in [0.4, 0.5) is 11.4 Å². The van der Waals surface area contributed by atoms with Crippen molar-refractivity contribution in [3.05, 3.63) is 75.8 Å². The van der Waals surface area contributed by atoms with Gasteiger partial charge in [0.05, 0.1) is 21.2 Å². The number of nitrogens with zero attached hydrogens (tertiary/aromatic N) is 2. The van der Waals surface area contributed by atoms with E-state index in [4.69, 9.17) is 33.3 Å². The van der Waals surface area contributed by atoms with Gasteiger partial charge in [0.1, 0.15) is 11.5 Å². The van der Waals surface area contributed by atoms with Crippen LogP contribution in [-0.4, -0.2) is 35.4 Å². The highest BCUT2D eigenvalue weighted by atomic mass is 35.5. The van der Waals surface area contributed by atoms with Crippen LogP contribution in [0.2, 0.25) is 5.02 Å². The van der Waals surface area contributed by atoms with Gasteiger partial charge in [-0.05, 0) is 48.5 Å². The van der Waals surface area contributed by atoms with Gasteiger partial charge in [0.2, 0.25) is 0 Å². The number of rotatable bonds is 5. The third-order valence-electron chi connectivity index (χ3n) is 4.80. The molecule has 0 bridgehead atoms. The van der Waals surface area contributed by atoms with Gasteiger partial charge in [-0.3, -0.25) is 9.69 Å². The molecule has 1 N–H and O–H groups in total. The van der Waals surface area contributed by atoms with Gasteiger partial charge in [-0.1, -0.05) is 41.6 Å². The quantitative estimate of drug-likeness (QED) is 0.364. The second kappa shape index (κ2) is 8.82. The molecule has 0 radical (unpaired) electrons. The standard InChI is InChI=1S/C23H17ClN2O4S2/c1-25(2)14-4-6-15(7-5-14)26-21(27)20(32-23(26)31)12-16-8-10-19(30-16)13-3-9-17(22(28)29)18(24)11-13/h3-12H,1-2H3,(H,28,29)/b20-12-. The Morgan fingerprint density at radius 3 is 2.50 bits per heavy atom. The minimum atomic E-state index is -1.10. The molecule has 32 heavy (non-hydrogen) atoms. The van der Waals surface area contributed by atoms with E-state index in [0.717, 1.165) is 5.69 Å². The van der Waals surface area contributed by atoms with Crippen LogP contribution in [-0.2, 0) is 4.79 Å². The predicted molar refractivity (Wildman–Crippen MR) is 133 cm³/mol. The van der Waals surface area contributed by atoms with Crippen molar-refractivity contribution in [2.45, 2.75) is 0 Å². The van der Waals surface area contributed by atoms with E-state index in [9.17, 15) is 9.59 Å². The van der Waals surface area contributed by atoms with Gasteiger partial charge < -0.3 is 14.4 Å². The van der Waals surface area contributed by atoms with Crippen molar-refractivity contribution in [3.8, 4) is 11.3 Å². The number of halogens is 1. The lowest BCUT2D eigenvalue weighted by Gasteiger charge is -2.17. The summed E-state index contributed by atoms with van der Waals surface area (Å²) >= 11 is 12.7. The van der Waals surface area contributed by atoms with Gasteiger partial charge in [-0.15, -0.1) is 0 Å². The van der Waals surface area contributed by atoms with Gasteiger partial charge >= 0.3 is 5.97 Å². The molecule has 1 amide bonds. The Morgan fingerprint density at radius 1 is 1.16 bits per heavy atom.